The van der Waals surface area contributed by atoms with Gasteiger partial charge in [0.1, 0.15) is 0 Å². The predicted octanol–water partition coefficient (Wildman–Crippen LogP) is 6.37. The minimum absolute atomic E-state index is 0.299. The maximum atomic E-state index is 6.16. The van der Waals surface area contributed by atoms with E-state index < -0.39 is 16.6 Å². The minimum atomic E-state index is -1.58. The molecule has 0 amide bonds. The first kappa shape index (κ1) is 22.1. The van der Waals surface area contributed by atoms with Crippen molar-refractivity contribution >= 4 is 16.6 Å². The van der Waals surface area contributed by atoms with Crippen LogP contribution in [0.1, 0.15) is 54.4 Å². The summed E-state index contributed by atoms with van der Waals surface area (Å²) in [5.41, 5.74) is 0. The molecular formula is C18H40O2Si2. The SMILES string of the molecule is CC(C)(C)[Si](C)(C)OCC/C=C\CCO[Si](C)(C)C(C)(C)C. The summed E-state index contributed by atoms with van der Waals surface area (Å²) in [6.07, 6.45) is 6.49. The molecule has 0 saturated carbocycles. The maximum Gasteiger partial charge on any atom is 0.191 e. The van der Waals surface area contributed by atoms with E-state index in [4.69, 9.17) is 8.85 Å². The molecule has 0 spiro atoms. The van der Waals surface area contributed by atoms with Crippen LogP contribution in [0, 0.1) is 0 Å². The molecule has 0 heterocycles. The van der Waals surface area contributed by atoms with Crippen LogP contribution in [-0.2, 0) is 8.85 Å². The van der Waals surface area contributed by atoms with Gasteiger partial charge in [-0.05, 0) is 49.1 Å². The largest absolute Gasteiger partial charge is 0.417 e. The molecule has 0 aliphatic carbocycles. The molecule has 22 heavy (non-hydrogen) atoms. The predicted molar refractivity (Wildman–Crippen MR) is 105 cm³/mol. The Labute approximate surface area is 141 Å². The molecule has 0 bridgehead atoms. The van der Waals surface area contributed by atoms with Crippen molar-refractivity contribution in [1.82, 2.24) is 0 Å². The Morgan fingerprint density at radius 3 is 1.14 bits per heavy atom. The second kappa shape index (κ2) is 8.27. The van der Waals surface area contributed by atoms with Gasteiger partial charge >= 0.3 is 0 Å². The van der Waals surface area contributed by atoms with Crippen molar-refractivity contribution < 1.29 is 8.85 Å². The van der Waals surface area contributed by atoms with E-state index in [-0.39, 0.29) is 0 Å². The van der Waals surface area contributed by atoms with Crippen LogP contribution in [0.5, 0.6) is 0 Å². The second-order valence-corrected chi connectivity index (χ2v) is 18.9. The van der Waals surface area contributed by atoms with Crippen LogP contribution in [0.15, 0.2) is 12.2 Å². The first-order valence-electron chi connectivity index (χ1n) is 8.64. The molecular weight excluding hydrogens is 304 g/mol. The fourth-order valence-electron chi connectivity index (χ4n) is 1.43. The summed E-state index contributed by atoms with van der Waals surface area (Å²) in [5.74, 6) is 0. The Balaban J connectivity index is 3.91. The summed E-state index contributed by atoms with van der Waals surface area (Å²) in [6, 6.07) is 0. The van der Waals surface area contributed by atoms with E-state index in [1.54, 1.807) is 0 Å². The van der Waals surface area contributed by atoms with Gasteiger partial charge in [-0.3, -0.25) is 0 Å². The van der Waals surface area contributed by atoms with E-state index in [1.807, 2.05) is 0 Å². The third-order valence-corrected chi connectivity index (χ3v) is 14.4. The Kier molecular flexibility index (Phi) is 8.30. The van der Waals surface area contributed by atoms with Crippen molar-refractivity contribution in [3.63, 3.8) is 0 Å². The van der Waals surface area contributed by atoms with Crippen LogP contribution in [0.2, 0.25) is 36.3 Å². The molecule has 0 aromatic heterocycles. The molecule has 0 fully saturated rings. The fourth-order valence-corrected chi connectivity index (χ4v) is 3.56. The van der Waals surface area contributed by atoms with Crippen LogP contribution in [0.4, 0.5) is 0 Å². The first-order chi connectivity index (χ1) is 9.71. The highest BCUT2D eigenvalue weighted by Gasteiger charge is 2.37. The highest BCUT2D eigenvalue weighted by atomic mass is 28.4. The standard InChI is InChI=1S/C18H40O2Si2/c1-17(2,3)21(7,8)19-15-13-11-12-14-16-20-22(9,10)18(4,5)6/h11-12H,13-16H2,1-10H3/b12-11-. The number of hydrogen-bond donors (Lipinski definition) is 0. The lowest BCUT2D eigenvalue weighted by Gasteiger charge is -2.36. The molecule has 2 nitrogen and oxygen atoms in total. The van der Waals surface area contributed by atoms with E-state index in [1.165, 1.54) is 0 Å². The Morgan fingerprint density at radius 1 is 0.636 bits per heavy atom. The van der Waals surface area contributed by atoms with Gasteiger partial charge in [0, 0.05) is 13.2 Å². The molecule has 0 atom stereocenters. The van der Waals surface area contributed by atoms with Gasteiger partial charge in [-0.25, -0.2) is 0 Å². The van der Waals surface area contributed by atoms with E-state index in [0.29, 0.717) is 10.1 Å². The van der Waals surface area contributed by atoms with Crippen molar-refractivity contribution in [3.8, 4) is 0 Å². The van der Waals surface area contributed by atoms with Crippen molar-refractivity contribution in [1.29, 1.82) is 0 Å². The van der Waals surface area contributed by atoms with E-state index in [9.17, 15) is 0 Å². The monoisotopic (exact) mass is 344 g/mol. The van der Waals surface area contributed by atoms with Gasteiger partial charge in [-0.1, -0.05) is 53.7 Å². The van der Waals surface area contributed by atoms with E-state index in [2.05, 4.69) is 79.9 Å². The number of rotatable bonds is 8. The Bertz CT molecular complexity index is 313. The van der Waals surface area contributed by atoms with Gasteiger partial charge in [0.15, 0.2) is 16.6 Å². The summed E-state index contributed by atoms with van der Waals surface area (Å²) in [4.78, 5) is 0. The van der Waals surface area contributed by atoms with Crippen molar-refractivity contribution in [2.75, 3.05) is 13.2 Å². The Hall–Kier alpha value is 0.0938. The minimum Gasteiger partial charge on any atom is -0.417 e. The van der Waals surface area contributed by atoms with Gasteiger partial charge in [0.05, 0.1) is 0 Å². The molecule has 0 aliphatic heterocycles. The van der Waals surface area contributed by atoms with Gasteiger partial charge in [0.2, 0.25) is 0 Å². The van der Waals surface area contributed by atoms with Crippen LogP contribution >= 0.6 is 0 Å². The summed E-state index contributed by atoms with van der Waals surface area (Å²) in [7, 11) is -3.16. The zero-order chi connectivity index (χ0) is 17.7. The molecule has 0 rings (SSSR count). The molecule has 0 radical (unpaired) electrons. The van der Waals surface area contributed by atoms with Crippen LogP contribution in [0.3, 0.4) is 0 Å². The smallest absolute Gasteiger partial charge is 0.191 e. The highest BCUT2D eigenvalue weighted by Crippen LogP contribution is 2.37. The van der Waals surface area contributed by atoms with Crippen LogP contribution in [0.25, 0.3) is 0 Å². The van der Waals surface area contributed by atoms with Crippen molar-refractivity contribution in [2.24, 2.45) is 0 Å². The molecule has 132 valence electrons. The van der Waals surface area contributed by atoms with Crippen LogP contribution < -0.4 is 0 Å². The topological polar surface area (TPSA) is 18.5 Å². The lowest BCUT2D eigenvalue weighted by molar-refractivity contribution is 0.291. The maximum absolute atomic E-state index is 6.16. The normalized spacial score (nSPS) is 14.8. The summed E-state index contributed by atoms with van der Waals surface area (Å²) in [5, 5.41) is 0.599. The van der Waals surface area contributed by atoms with Gasteiger partial charge < -0.3 is 8.85 Å². The quantitative estimate of drug-likeness (QED) is 0.289. The van der Waals surface area contributed by atoms with Crippen molar-refractivity contribution in [2.45, 2.75) is 90.6 Å². The third-order valence-electron chi connectivity index (χ3n) is 5.27. The van der Waals surface area contributed by atoms with Crippen molar-refractivity contribution in [3.05, 3.63) is 12.2 Å². The number of hydrogen-bond acceptors (Lipinski definition) is 2. The molecule has 0 saturated heterocycles. The average molecular weight is 345 g/mol. The fraction of sp³-hybridized carbons (Fsp3) is 0.889. The highest BCUT2D eigenvalue weighted by molar-refractivity contribution is 6.74. The second-order valence-electron chi connectivity index (χ2n) is 9.27. The molecule has 0 N–H and O–H groups in total. The summed E-state index contributed by atoms with van der Waals surface area (Å²) >= 11 is 0. The van der Waals surface area contributed by atoms with E-state index in [0.717, 1.165) is 26.1 Å². The zero-order valence-corrected chi connectivity index (χ0v) is 18.8. The lowest BCUT2D eigenvalue weighted by Crippen LogP contribution is -2.41. The molecule has 0 aromatic carbocycles. The first-order valence-corrected chi connectivity index (χ1v) is 14.5. The van der Waals surface area contributed by atoms with Crippen LogP contribution in [-0.4, -0.2) is 29.8 Å². The summed E-state index contributed by atoms with van der Waals surface area (Å²) in [6.45, 7) is 24.6. The van der Waals surface area contributed by atoms with E-state index >= 15 is 0 Å². The Morgan fingerprint density at radius 2 is 0.909 bits per heavy atom. The van der Waals surface area contributed by atoms with Gasteiger partial charge in [0.25, 0.3) is 0 Å². The van der Waals surface area contributed by atoms with Gasteiger partial charge in [-0.2, -0.15) is 0 Å². The third kappa shape index (κ3) is 7.58. The zero-order valence-electron chi connectivity index (χ0n) is 16.8. The molecule has 0 aliphatic rings. The van der Waals surface area contributed by atoms with Gasteiger partial charge in [-0.15, -0.1) is 0 Å². The lowest BCUT2D eigenvalue weighted by atomic mass is 10.2. The summed E-state index contributed by atoms with van der Waals surface area (Å²) < 4.78 is 12.3. The molecule has 0 unspecified atom stereocenters. The molecule has 4 heteroatoms. The molecule has 0 aromatic rings. The average Bonchev–Trinajstić information content (AvgIpc) is 2.29.